The quantitative estimate of drug-likeness (QED) is 0.469. The summed E-state index contributed by atoms with van der Waals surface area (Å²) in [4.78, 5) is 25.6. The van der Waals surface area contributed by atoms with Gasteiger partial charge >= 0.3 is 11.8 Å². The van der Waals surface area contributed by atoms with E-state index in [1.54, 1.807) is 37.7 Å². The van der Waals surface area contributed by atoms with Crippen LogP contribution >= 0.6 is 0 Å². The lowest BCUT2D eigenvalue weighted by atomic mass is 9.96. The molecule has 0 saturated heterocycles. The van der Waals surface area contributed by atoms with E-state index in [1.807, 2.05) is 32.9 Å². The lowest BCUT2D eigenvalue weighted by molar-refractivity contribution is 0.0906. The minimum Gasteiger partial charge on any atom is -0.494 e. The monoisotopic (exact) mass is 503 g/mol. The molecule has 37 heavy (non-hydrogen) atoms. The molecule has 0 bridgehead atoms. The minimum absolute atomic E-state index is 0.0327. The normalized spacial score (nSPS) is 16.6. The number of allylic oxidation sites excluding steroid dienone is 2. The van der Waals surface area contributed by atoms with Crippen LogP contribution in [0.2, 0.25) is 0 Å². The Hall–Kier alpha value is -4.54. The lowest BCUT2D eigenvalue weighted by Gasteiger charge is -2.19. The molecule has 0 radical (unpaired) electrons. The molecular formula is C26H26FN7O3. The zero-order valence-corrected chi connectivity index (χ0v) is 20.8. The summed E-state index contributed by atoms with van der Waals surface area (Å²) >= 11 is 0. The largest absolute Gasteiger partial charge is 0.494 e. The van der Waals surface area contributed by atoms with Crippen LogP contribution in [0, 0.1) is 5.82 Å². The number of dihydropyridines is 1. The second-order valence-corrected chi connectivity index (χ2v) is 9.55. The van der Waals surface area contributed by atoms with E-state index < -0.39 is 11.7 Å². The van der Waals surface area contributed by atoms with Gasteiger partial charge in [-0.2, -0.15) is 4.98 Å². The first-order valence-corrected chi connectivity index (χ1v) is 11.7. The van der Waals surface area contributed by atoms with Gasteiger partial charge in [-0.1, -0.05) is 38.1 Å². The van der Waals surface area contributed by atoms with E-state index in [0.29, 0.717) is 34.2 Å². The van der Waals surface area contributed by atoms with E-state index in [0.717, 1.165) is 11.3 Å². The number of nitrogens with one attached hydrogen (secondary N) is 3. The van der Waals surface area contributed by atoms with Crippen LogP contribution in [0.15, 0.2) is 64.0 Å². The maximum absolute atomic E-state index is 15.1. The van der Waals surface area contributed by atoms with E-state index in [2.05, 4.69) is 36.1 Å². The van der Waals surface area contributed by atoms with Gasteiger partial charge in [0.15, 0.2) is 17.8 Å². The molecule has 11 heteroatoms. The van der Waals surface area contributed by atoms with Crippen LogP contribution < -0.4 is 20.7 Å². The number of hydrogen-bond donors (Lipinski definition) is 3. The molecule has 190 valence electrons. The summed E-state index contributed by atoms with van der Waals surface area (Å²) in [5.41, 5.74) is 2.77. The van der Waals surface area contributed by atoms with Gasteiger partial charge < -0.3 is 25.2 Å². The Kier molecular flexibility index (Phi) is 6.20. The van der Waals surface area contributed by atoms with Gasteiger partial charge in [-0.3, -0.25) is 4.79 Å². The van der Waals surface area contributed by atoms with Crippen LogP contribution in [0.3, 0.4) is 0 Å². The van der Waals surface area contributed by atoms with Crippen LogP contribution in [0.1, 0.15) is 54.1 Å². The number of fused-ring (bicyclic) bond motifs is 1. The highest BCUT2D eigenvalue weighted by Crippen LogP contribution is 2.30. The Labute approximate surface area is 212 Å². The van der Waals surface area contributed by atoms with Crippen LogP contribution in [0.5, 0.6) is 5.75 Å². The second kappa shape index (κ2) is 9.49. The highest BCUT2D eigenvalue weighted by atomic mass is 19.1. The lowest BCUT2D eigenvalue weighted by Crippen LogP contribution is -2.30. The molecule has 1 amide bonds. The Morgan fingerprint density at radius 2 is 2.11 bits per heavy atom. The number of carbonyl (C=O) groups excluding carboxylic acids is 1. The van der Waals surface area contributed by atoms with Crippen molar-refractivity contribution in [2.75, 3.05) is 7.11 Å². The van der Waals surface area contributed by atoms with Gasteiger partial charge in [-0.05, 0) is 36.0 Å². The molecule has 5 rings (SSSR count). The third kappa shape index (κ3) is 4.80. The number of ether oxygens (including phenoxy) is 1. The number of aliphatic imine (C=N–C) groups is 1. The van der Waals surface area contributed by atoms with E-state index >= 15 is 4.39 Å². The molecule has 2 aliphatic rings. The smallest absolute Gasteiger partial charge is 0.315 e. The molecule has 0 spiro atoms. The Bertz CT molecular complexity index is 1450. The number of benzene rings is 1. The van der Waals surface area contributed by atoms with Crippen molar-refractivity contribution in [2.45, 2.75) is 38.9 Å². The average Bonchev–Trinajstić information content (AvgIpc) is 3.55. The molecule has 10 nitrogen and oxygen atoms in total. The van der Waals surface area contributed by atoms with Crippen molar-refractivity contribution in [3.8, 4) is 5.75 Å². The first kappa shape index (κ1) is 24.2. The predicted molar refractivity (Wildman–Crippen MR) is 134 cm³/mol. The number of amidine groups is 1. The third-order valence-corrected chi connectivity index (χ3v) is 5.89. The highest BCUT2D eigenvalue weighted by molar-refractivity contribution is 6.04. The fourth-order valence-corrected chi connectivity index (χ4v) is 3.90. The van der Waals surface area contributed by atoms with Crippen molar-refractivity contribution in [2.24, 2.45) is 4.99 Å². The zero-order chi connectivity index (χ0) is 26.2. The van der Waals surface area contributed by atoms with E-state index in [9.17, 15) is 4.79 Å². The average molecular weight is 504 g/mol. The van der Waals surface area contributed by atoms with Crippen molar-refractivity contribution in [1.82, 2.24) is 31.1 Å². The number of pyridine rings is 1. The molecule has 3 N–H and O–H groups in total. The summed E-state index contributed by atoms with van der Waals surface area (Å²) in [5, 5.41) is 13.0. The Morgan fingerprint density at radius 1 is 1.27 bits per heavy atom. The Balaban J connectivity index is 1.32. The standard InChI is InChI=1S/C26H26FN7O3/c1-26(2,3)25-33-24(37-34-25)23(35)30-13-15-8-7-14(12-17(15)27)16-9-11-29-21-19(16)31-22(32-21)20-18(36-4)6-5-10-28-20/h5-12,21,29H,13H2,1-4H3,(H,30,35)(H,31,32). The van der Waals surface area contributed by atoms with E-state index in [4.69, 9.17) is 9.26 Å². The summed E-state index contributed by atoms with van der Waals surface area (Å²) in [5.74, 6) is 0.389. The number of hydrogen-bond acceptors (Lipinski definition) is 9. The van der Waals surface area contributed by atoms with Crippen molar-refractivity contribution in [3.63, 3.8) is 0 Å². The van der Waals surface area contributed by atoms with Crippen molar-refractivity contribution in [3.05, 3.63) is 88.9 Å². The molecule has 2 aliphatic heterocycles. The molecule has 0 aliphatic carbocycles. The molecule has 0 fully saturated rings. The Morgan fingerprint density at radius 3 is 2.84 bits per heavy atom. The number of methoxy groups -OCH3 is 1. The van der Waals surface area contributed by atoms with Gasteiger partial charge in [-0.25, -0.2) is 14.4 Å². The maximum atomic E-state index is 15.1. The van der Waals surface area contributed by atoms with E-state index in [1.165, 1.54) is 6.07 Å². The van der Waals surface area contributed by atoms with Crippen molar-refractivity contribution < 1.29 is 18.4 Å². The maximum Gasteiger partial charge on any atom is 0.315 e. The summed E-state index contributed by atoms with van der Waals surface area (Å²) in [6, 6.07) is 8.46. The van der Waals surface area contributed by atoms with Crippen LogP contribution in [0.25, 0.3) is 5.57 Å². The molecule has 1 unspecified atom stereocenters. The van der Waals surface area contributed by atoms with Crippen molar-refractivity contribution >= 4 is 17.3 Å². The SMILES string of the molecule is COc1cccnc1C1=NC2NC=CC(c3ccc(CNC(=O)c4nc(C(C)(C)C)no4)c(F)c3)=C2N1. The zero-order valence-electron chi connectivity index (χ0n) is 20.8. The number of rotatable bonds is 6. The fraction of sp³-hybridized carbons (Fsp3) is 0.269. The van der Waals surface area contributed by atoms with Gasteiger partial charge in [-0.15, -0.1) is 0 Å². The summed E-state index contributed by atoms with van der Waals surface area (Å²) in [6.45, 7) is 5.71. The second-order valence-electron chi connectivity index (χ2n) is 9.55. The van der Waals surface area contributed by atoms with Crippen LogP contribution in [-0.4, -0.2) is 40.1 Å². The summed E-state index contributed by atoms with van der Waals surface area (Å²) in [6.07, 6.45) is 4.93. The number of halogens is 1. The molecule has 3 aromatic rings. The highest BCUT2D eigenvalue weighted by Gasteiger charge is 2.30. The predicted octanol–water partition coefficient (Wildman–Crippen LogP) is 3.04. The molecular weight excluding hydrogens is 477 g/mol. The van der Waals surface area contributed by atoms with Crippen LogP contribution in [0.4, 0.5) is 4.39 Å². The topological polar surface area (TPSA) is 127 Å². The van der Waals surface area contributed by atoms with Gasteiger partial charge in [0.05, 0.1) is 12.8 Å². The fourth-order valence-electron chi connectivity index (χ4n) is 3.90. The van der Waals surface area contributed by atoms with Crippen molar-refractivity contribution in [1.29, 1.82) is 0 Å². The number of nitrogens with zero attached hydrogens (tertiary/aromatic N) is 4. The molecule has 2 aromatic heterocycles. The molecule has 0 saturated carbocycles. The van der Waals surface area contributed by atoms with Gasteiger partial charge in [0, 0.05) is 29.3 Å². The van der Waals surface area contributed by atoms with Crippen LogP contribution in [-0.2, 0) is 12.0 Å². The molecule has 1 atom stereocenters. The third-order valence-electron chi connectivity index (χ3n) is 5.89. The number of amides is 1. The van der Waals surface area contributed by atoms with E-state index in [-0.39, 0.29) is 24.0 Å². The van der Waals surface area contributed by atoms with Gasteiger partial charge in [0.1, 0.15) is 17.3 Å². The van der Waals surface area contributed by atoms with Gasteiger partial charge in [0.2, 0.25) is 0 Å². The summed E-state index contributed by atoms with van der Waals surface area (Å²) < 4.78 is 25.5. The molecule has 1 aromatic carbocycles. The number of carbonyl (C=O) groups is 1. The number of aromatic nitrogens is 3. The summed E-state index contributed by atoms with van der Waals surface area (Å²) in [7, 11) is 1.57. The first-order chi connectivity index (χ1) is 17.7. The minimum atomic E-state index is -0.565. The van der Waals surface area contributed by atoms with Gasteiger partial charge in [0.25, 0.3) is 0 Å². The molecule has 4 heterocycles. The first-order valence-electron chi connectivity index (χ1n) is 11.7.